The predicted octanol–water partition coefficient (Wildman–Crippen LogP) is 10.0. The van der Waals surface area contributed by atoms with E-state index >= 15 is 0 Å². The quantitative estimate of drug-likeness (QED) is 0.149. The smallest absolute Gasteiger partial charge is 0.128 e. The van der Waals surface area contributed by atoms with Crippen molar-refractivity contribution in [2.45, 2.75) is 143 Å². The zero-order valence-electron chi connectivity index (χ0n) is 29.0. The number of phenolic OH excluding ortho intramolecular Hbond substituents is 2. The molecule has 8 heteroatoms. The molecule has 44 heavy (non-hydrogen) atoms. The molecule has 0 amide bonds. The Kier molecular flexibility index (Phi) is 13.4. The molecule has 1 aliphatic carbocycles. The third kappa shape index (κ3) is 10.4. The van der Waals surface area contributed by atoms with Crippen LogP contribution in [0.2, 0.25) is 0 Å². The van der Waals surface area contributed by atoms with Gasteiger partial charge in [-0.15, -0.1) is 0 Å². The zero-order chi connectivity index (χ0) is 33.0. The van der Waals surface area contributed by atoms with Crippen LogP contribution < -0.4 is 0 Å². The number of nitrogens with zero attached hydrogens (tertiary/aromatic N) is 5. The number of rotatable bonds is 4. The van der Waals surface area contributed by atoms with Gasteiger partial charge in [-0.2, -0.15) is 0 Å². The summed E-state index contributed by atoms with van der Waals surface area (Å²) in [6, 6.07) is 8.53. The van der Waals surface area contributed by atoms with Gasteiger partial charge < -0.3 is 21.3 Å². The first-order chi connectivity index (χ1) is 19.6. The third-order valence-electron chi connectivity index (χ3n) is 8.13. The van der Waals surface area contributed by atoms with Crippen LogP contribution in [0.15, 0.2) is 34.3 Å². The van der Waals surface area contributed by atoms with Crippen molar-refractivity contribution < 1.29 is 27.6 Å². The molecule has 2 aromatic rings. The van der Waals surface area contributed by atoms with E-state index in [1.165, 1.54) is 16.0 Å². The molecule has 0 spiro atoms. The summed E-state index contributed by atoms with van der Waals surface area (Å²) in [4.78, 5) is 11.6. The number of phenols is 2. The standard InChI is InChI=1S/C36H54N2O2.Cr.N3/c1-33(2,3)25-17-23(31(39)27(19-25)35(7,8)9)21-37-29-15-13-14-16-30(29)38-22-24-18-26(34(4,5)6)20-28(32(24)40)36(10,11)12;;1-3-2/h17-22,29-30,39-40H,13-16H2,1-12H3;;/q;;-1/t29-,30-;;/m1../s1. The van der Waals surface area contributed by atoms with Crippen LogP contribution >= 0.6 is 0 Å². The molecular weight excluding hydrogens is 586 g/mol. The van der Waals surface area contributed by atoms with Crippen molar-refractivity contribution >= 4 is 12.4 Å². The van der Waals surface area contributed by atoms with E-state index in [0.29, 0.717) is 11.5 Å². The van der Waals surface area contributed by atoms with Crippen molar-refractivity contribution in [1.29, 1.82) is 0 Å². The summed E-state index contributed by atoms with van der Waals surface area (Å²) in [5, 5.41) is 22.5. The van der Waals surface area contributed by atoms with Crippen LogP contribution in [-0.4, -0.2) is 34.7 Å². The average Bonchev–Trinajstić information content (AvgIpc) is 2.85. The topological polar surface area (TPSA) is 124 Å². The molecular formula is C36H54CrN5O2-. The van der Waals surface area contributed by atoms with Gasteiger partial charge in [0, 0.05) is 52.0 Å². The van der Waals surface area contributed by atoms with E-state index in [2.05, 4.69) is 107 Å². The monoisotopic (exact) mass is 640 g/mol. The largest absolute Gasteiger partial charge is 0.507 e. The second-order valence-corrected chi connectivity index (χ2v) is 16.0. The Morgan fingerprint density at radius 2 is 0.909 bits per heavy atom. The van der Waals surface area contributed by atoms with Crippen LogP contribution in [0.5, 0.6) is 11.5 Å². The first-order valence-electron chi connectivity index (χ1n) is 15.4. The number of hydrogen-bond acceptors (Lipinski definition) is 4. The molecule has 0 saturated heterocycles. The van der Waals surface area contributed by atoms with Gasteiger partial charge in [-0.25, -0.2) is 0 Å². The molecule has 2 atom stereocenters. The third-order valence-corrected chi connectivity index (χ3v) is 8.13. The molecule has 242 valence electrons. The zero-order valence-corrected chi connectivity index (χ0v) is 30.3. The Morgan fingerprint density at radius 3 is 1.16 bits per heavy atom. The Morgan fingerprint density at radius 1 is 0.614 bits per heavy atom. The van der Waals surface area contributed by atoms with E-state index in [1.807, 2.05) is 12.4 Å². The van der Waals surface area contributed by atoms with Crippen LogP contribution in [0.4, 0.5) is 0 Å². The van der Waals surface area contributed by atoms with Gasteiger partial charge in [-0.3, -0.25) is 14.9 Å². The maximum Gasteiger partial charge on any atom is 0.128 e. The van der Waals surface area contributed by atoms with Crippen molar-refractivity contribution in [1.82, 2.24) is 0 Å². The second kappa shape index (κ2) is 15.0. The Bertz CT molecular complexity index is 1260. The molecule has 7 nitrogen and oxygen atoms in total. The Balaban J connectivity index is 0.00000232. The van der Waals surface area contributed by atoms with Gasteiger partial charge in [0.15, 0.2) is 0 Å². The fourth-order valence-corrected chi connectivity index (χ4v) is 5.31. The minimum atomic E-state index is -0.179. The molecule has 0 radical (unpaired) electrons. The van der Waals surface area contributed by atoms with E-state index in [0.717, 1.165) is 47.9 Å². The molecule has 0 aliphatic heterocycles. The van der Waals surface area contributed by atoms with E-state index in [9.17, 15) is 10.2 Å². The fourth-order valence-electron chi connectivity index (χ4n) is 5.31. The van der Waals surface area contributed by atoms with E-state index in [1.54, 1.807) is 0 Å². The molecule has 1 fully saturated rings. The van der Waals surface area contributed by atoms with Gasteiger partial charge in [-0.05, 0) is 57.8 Å². The molecule has 3 rings (SSSR count). The minimum Gasteiger partial charge on any atom is -0.507 e. The van der Waals surface area contributed by atoms with Gasteiger partial charge in [-0.1, -0.05) is 108 Å². The van der Waals surface area contributed by atoms with Gasteiger partial charge >= 0.3 is 0 Å². The molecule has 2 N–H and O–H groups in total. The second-order valence-electron chi connectivity index (χ2n) is 16.0. The normalized spacial score (nSPS) is 18.0. The van der Waals surface area contributed by atoms with Gasteiger partial charge in [0.05, 0.1) is 12.1 Å². The first-order valence-corrected chi connectivity index (χ1v) is 15.4. The van der Waals surface area contributed by atoms with E-state index < -0.39 is 0 Å². The Hall–Kier alpha value is -2.78. The van der Waals surface area contributed by atoms with Gasteiger partial charge in [0.2, 0.25) is 0 Å². The average molecular weight is 641 g/mol. The minimum absolute atomic E-state index is 0. The number of hydrogen-bond donors (Lipinski definition) is 2. The molecule has 1 saturated carbocycles. The maximum atomic E-state index is 11.2. The van der Waals surface area contributed by atoms with Crippen molar-refractivity contribution in [2.75, 3.05) is 0 Å². The van der Waals surface area contributed by atoms with Crippen LogP contribution in [-0.2, 0) is 39.0 Å². The summed E-state index contributed by atoms with van der Waals surface area (Å²) in [7, 11) is 0. The van der Waals surface area contributed by atoms with Crippen LogP contribution in [0.25, 0.3) is 16.0 Å². The molecule has 0 unspecified atom stereocenters. The summed E-state index contributed by atoms with van der Waals surface area (Å²) < 4.78 is 0. The number of aromatic hydroxyl groups is 2. The fraction of sp³-hybridized carbons (Fsp3) is 0.611. The SMILES string of the molecule is CC(C)(C)c1cc(C=N[C@@H]2CCCC[C@H]2N=Cc2cc(C(C)(C)C)cc(C(C)(C)C)c2O)c(O)c(C(C)(C)C)c1.[Cr].[N-]=[N+]=[N-]. The predicted molar refractivity (Wildman–Crippen MR) is 182 cm³/mol. The van der Waals surface area contributed by atoms with Gasteiger partial charge in [0.25, 0.3) is 0 Å². The first kappa shape index (κ1) is 39.2. The van der Waals surface area contributed by atoms with Crippen LogP contribution in [0, 0.1) is 0 Å². The summed E-state index contributed by atoms with van der Waals surface area (Å²) >= 11 is 0. The summed E-state index contributed by atoms with van der Waals surface area (Å²) in [5.74, 6) is 0.637. The summed E-state index contributed by atoms with van der Waals surface area (Å²) in [6.07, 6.45) is 7.90. The molecule has 0 aromatic heterocycles. The van der Waals surface area contributed by atoms with E-state index in [4.69, 9.17) is 21.0 Å². The summed E-state index contributed by atoms with van der Waals surface area (Å²) in [5.41, 5.74) is 18.9. The van der Waals surface area contributed by atoms with Crippen molar-refractivity contribution in [2.24, 2.45) is 9.98 Å². The number of benzene rings is 2. The Labute approximate surface area is 276 Å². The molecule has 0 heterocycles. The molecule has 2 aromatic carbocycles. The van der Waals surface area contributed by atoms with Crippen molar-refractivity contribution in [3.05, 3.63) is 73.6 Å². The number of aliphatic imine (C=N–C) groups is 2. The molecule has 1 aliphatic rings. The van der Waals surface area contributed by atoms with Crippen LogP contribution in [0.3, 0.4) is 0 Å². The van der Waals surface area contributed by atoms with Gasteiger partial charge in [0.1, 0.15) is 11.5 Å². The van der Waals surface area contributed by atoms with Crippen molar-refractivity contribution in [3.63, 3.8) is 0 Å². The van der Waals surface area contributed by atoms with E-state index in [-0.39, 0.29) is 51.1 Å². The summed E-state index contributed by atoms with van der Waals surface area (Å²) in [6.45, 7) is 26.0. The van der Waals surface area contributed by atoms with Crippen molar-refractivity contribution in [3.8, 4) is 11.5 Å². The molecule has 0 bridgehead atoms. The van der Waals surface area contributed by atoms with Crippen LogP contribution in [0.1, 0.15) is 142 Å². The maximum absolute atomic E-state index is 11.2.